The zero-order valence-corrected chi connectivity index (χ0v) is 9.14. The van der Waals surface area contributed by atoms with Crippen molar-refractivity contribution < 1.29 is 4.57 Å². The lowest BCUT2D eigenvalue weighted by Crippen LogP contribution is -2.27. The molecule has 1 aromatic carbocycles. The quantitative estimate of drug-likeness (QED) is 0.588. The summed E-state index contributed by atoms with van der Waals surface area (Å²) in [7, 11) is 2.04. The van der Waals surface area contributed by atoms with E-state index in [2.05, 4.69) is 40.1 Å². The maximum absolute atomic E-state index is 3.25. The number of imidazole rings is 1. The smallest absolute Gasteiger partial charge is 0.243 e. The Morgan fingerprint density at radius 1 is 1.29 bits per heavy atom. The third kappa shape index (κ3) is 1.55. The van der Waals surface area contributed by atoms with Crippen LogP contribution in [0.15, 0.2) is 41.6 Å². The number of aryl methyl sites for hydroxylation is 1. The first-order valence-corrected chi connectivity index (χ1v) is 5.72. The van der Waals surface area contributed by atoms with Crippen LogP contribution in [0.5, 0.6) is 0 Å². The van der Waals surface area contributed by atoms with Crippen LogP contribution in [0.1, 0.15) is 0 Å². The van der Waals surface area contributed by atoms with Gasteiger partial charge in [0.15, 0.2) is 0 Å². The molecule has 0 unspecified atom stereocenters. The lowest BCUT2D eigenvalue weighted by molar-refractivity contribution is -0.659. The number of nitrogens with zero attached hydrogens (tertiary/aromatic N) is 1. The van der Waals surface area contributed by atoms with Gasteiger partial charge >= 0.3 is 0 Å². The van der Waals surface area contributed by atoms with Crippen molar-refractivity contribution in [2.75, 3.05) is 6.26 Å². The number of thioether (sulfide) groups is 1. The van der Waals surface area contributed by atoms with Crippen LogP contribution in [-0.4, -0.2) is 11.2 Å². The van der Waals surface area contributed by atoms with Crippen LogP contribution in [0.25, 0.3) is 11.4 Å². The van der Waals surface area contributed by atoms with Gasteiger partial charge in [0.1, 0.15) is 12.4 Å². The van der Waals surface area contributed by atoms with Crippen molar-refractivity contribution in [3.8, 4) is 11.4 Å². The normalized spacial score (nSPS) is 10.4. The Morgan fingerprint density at radius 2 is 2.07 bits per heavy atom. The molecule has 1 heterocycles. The minimum atomic E-state index is 1.15. The van der Waals surface area contributed by atoms with Gasteiger partial charge in [-0.05, 0) is 18.4 Å². The molecule has 0 fully saturated rings. The molecule has 2 aromatic rings. The molecule has 14 heavy (non-hydrogen) atoms. The molecule has 0 saturated carbocycles. The maximum Gasteiger partial charge on any atom is 0.287 e. The van der Waals surface area contributed by atoms with E-state index >= 15 is 0 Å². The molecule has 2 rings (SSSR count). The molecule has 0 amide bonds. The Balaban J connectivity index is 2.56. The number of hydrogen-bond donors (Lipinski definition) is 1. The lowest BCUT2D eigenvalue weighted by Gasteiger charge is -2.01. The fourth-order valence-electron chi connectivity index (χ4n) is 1.51. The Morgan fingerprint density at radius 3 is 2.71 bits per heavy atom. The minimum absolute atomic E-state index is 1.15. The summed E-state index contributed by atoms with van der Waals surface area (Å²) in [5.41, 5.74) is 1.26. The minimum Gasteiger partial charge on any atom is -0.243 e. The molecule has 0 bridgehead atoms. The fourth-order valence-corrected chi connectivity index (χ4v) is 2.11. The summed E-state index contributed by atoms with van der Waals surface area (Å²) in [6, 6.07) is 8.41. The molecular formula is C11H13N2S+. The van der Waals surface area contributed by atoms with Gasteiger partial charge in [-0.1, -0.05) is 12.1 Å². The second-order valence-electron chi connectivity index (χ2n) is 3.12. The van der Waals surface area contributed by atoms with E-state index in [-0.39, 0.29) is 0 Å². The zero-order chi connectivity index (χ0) is 9.97. The van der Waals surface area contributed by atoms with Crippen LogP contribution >= 0.6 is 11.8 Å². The molecule has 1 N–H and O–H groups in total. The van der Waals surface area contributed by atoms with E-state index in [4.69, 9.17) is 0 Å². The molecule has 0 atom stereocenters. The van der Waals surface area contributed by atoms with Gasteiger partial charge in [0.2, 0.25) is 0 Å². The van der Waals surface area contributed by atoms with Crippen molar-refractivity contribution in [3.63, 3.8) is 0 Å². The van der Waals surface area contributed by atoms with Gasteiger partial charge in [-0.25, -0.2) is 9.55 Å². The standard InChI is InChI=1S/C11H12N2S/c1-13-8-7-12-11(13)9-5-3-4-6-10(9)14-2/h3-8H,1-2H3/p+1. The number of aromatic amines is 1. The summed E-state index contributed by atoms with van der Waals surface area (Å²) in [6.45, 7) is 0. The van der Waals surface area contributed by atoms with Gasteiger partial charge in [-0.3, -0.25) is 0 Å². The third-order valence-electron chi connectivity index (χ3n) is 2.23. The van der Waals surface area contributed by atoms with Crippen molar-refractivity contribution in [1.29, 1.82) is 0 Å². The second-order valence-corrected chi connectivity index (χ2v) is 3.97. The van der Waals surface area contributed by atoms with Gasteiger partial charge in [0.25, 0.3) is 5.82 Å². The van der Waals surface area contributed by atoms with Crippen LogP contribution in [0, 0.1) is 0 Å². The highest BCUT2D eigenvalue weighted by Crippen LogP contribution is 2.26. The average Bonchev–Trinajstić information content (AvgIpc) is 2.64. The summed E-state index contributed by atoms with van der Waals surface area (Å²) < 4.78 is 2.09. The summed E-state index contributed by atoms with van der Waals surface area (Å²) in [6.07, 6.45) is 6.07. The van der Waals surface area contributed by atoms with E-state index in [0.717, 1.165) is 5.82 Å². The highest BCUT2D eigenvalue weighted by atomic mass is 32.2. The number of hydrogen-bond acceptors (Lipinski definition) is 1. The first-order valence-electron chi connectivity index (χ1n) is 4.49. The van der Waals surface area contributed by atoms with E-state index < -0.39 is 0 Å². The topological polar surface area (TPSA) is 19.7 Å². The molecule has 3 heteroatoms. The van der Waals surface area contributed by atoms with Gasteiger partial charge < -0.3 is 0 Å². The first-order chi connectivity index (χ1) is 6.83. The van der Waals surface area contributed by atoms with E-state index in [1.807, 2.05) is 19.4 Å². The van der Waals surface area contributed by atoms with Gasteiger partial charge in [-0.15, -0.1) is 11.8 Å². The summed E-state index contributed by atoms with van der Waals surface area (Å²) in [5.74, 6) is 1.15. The molecule has 0 aliphatic heterocycles. The van der Waals surface area contributed by atoms with Gasteiger partial charge in [0.05, 0.1) is 12.6 Å². The average molecular weight is 205 g/mol. The Labute approximate surface area is 88.0 Å². The zero-order valence-electron chi connectivity index (χ0n) is 8.32. The van der Waals surface area contributed by atoms with Crippen LogP contribution in [-0.2, 0) is 7.05 Å². The predicted octanol–water partition coefficient (Wildman–Crippen LogP) is 2.23. The van der Waals surface area contributed by atoms with Gasteiger partial charge in [0, 0.05) is 4.90 Å². The highest BCUT2D eigenvalue weighted by molar-refractivity contribution is 7.98. The molecule has 0 aliphatic rings. The first kappa shape index (κ1) is 9.34. The van der Waals surface area contributed by atoms with Crippen LogP contribution in [0.2, 0.25) is 0 Å². The number of H-pyrrole nitrogens is 1. The predicted molar refractivity (Wildman–Crippen MR) is 59.2 cm³/mol. The SMILES string of the molecule is CSc1ccccc1-c1[nH]cc[n+]1C. The Bertz CT molecular complexity index is 434. The van der Waals surface area contributed by atoms with Crippen LogP contribution in [0.3, 0.4) is 0 Å². The second kappa shape index (κ2) is 3.88. The molecule has 0 saturated heterocycles. The third-order valence-corrected chi connectivity index (χ3v) is 3.03. The molecule has 0 spiro atoms. The molecule has 0 radical (unpaired) electrons. The summed E-state index contributed by atoms with van der Waals surface area (Å²) in [5, 5.41) is 0. The van der Waals surface area contributed by atoms with E-state index in [1.165, 1.54) is 10.5 Å². The van der Waals surface area contributed by atoms with Crippen molar-refractivity contribution in [1.82, 2.24) is 4.98 Å². The number of nitrogens with one attached hydrogen (secondary N) is 1. The number of aromatic nitrogens is 2. The molecular weight excluding hydrogens is 192 g/mol. The van der Waals surface area contributed by atoms with Crippen molar-refractivity contribution >= 4 is 11.8 Å². The monoisotopic (exact) mass is 205 g/mol. The number of rotatable bonds is 2. The highest BCUT2D eigenvalue weighted by Gasteiger charge is 2.13. The Kier molecular flexibility index (Phi) is 2.59. The van der Waals surface area contributed by atoms with Gasteiger partial charge in [-0.2, -0.15) is 0 Å². The number of benzene rings is 1. The fraction of sp³-hybridized carbons (Fsp3) is 0.182. The maximum atomic E-state index is 3.25. The van der Waals surface area contributed by atoms with E-state index in [1.54, 1.807) is 11.8 Å². The summed E-state index contributed by atoms with van der Waals surface area (Å²) in [4.78, 5) is 4.54. The largest absolute Gasteiger partial charge is 0.287 e. The molecule has 1 aromatic heterocycles. The van der Waals surface area contributed by atoms with Crippen LogP contribution in [0.4, 0.5) is 0 Å². The summed E-state index contributed by atoms with van der Waals surface area (Å²) >= 11 is 1.77. The Hall–Kier alpha value is -1.22. The molecule has 0 aliphatic carbocycles. The molecule has 2 nitrogen and oxygen atoms in total. The van der Waals surface area contributed by atoms with Crippen molar-refractivity contribution in [2.45, 2.75) is 4.90 Å². The van der Waals surface area contributed by atoms with Crippen molar-refractivity contribution in [3.05, 3.63) is 36.7 Å². The van der Waals surface area contributed by atoms with E-state index in [0.29, 0.717) is 0 Å². The van der Waals surface area contributed by atoms with Crippen LogP contribution < -0.4 is 4.57 Å². The van der Waals surface area contributed by atoms with Crippen molar-refractivity contribution in [2.24, 2.45) is 7.05 Å². The van der Waals surface area contributed by atoms with E-state index in [9.17, 15) is 0 Å². The lowest BCUT2D eigenvalue weighted by atomic mass is 10.2. The molecule has 72 valence electrons.